The van der Waals surface area contributed by atoms with E-state index < -0.39 is 0 Å². The van der Waals surface area contributed by atoms with Gasteiger partial charge in [0.1, 0.15) is 0 Å². The summed E-state index contributed by atoms with van der Waals surface area (Å²) in [7, 11) is 0. The topological polar surface area (TPSA) is 30.5 Å². The summed E-state index contributed by atoms with van der Waals surface area (Å²) in [4.78, 5) is 0. The molecule has 0 aliphatic carbocycles. The first-order valence-electron chi connectivity index (χ1n) is 5.34. The van der Waals surface area contributed by atoms with Gasteiger partial charge in [-0.25, -0.2) is 0 Å². The third-order valence-electron chi connectivity index (χ3n) is 3.17. The minimum Gasteiger partial charge on any atom is -0.454 e. The third-order valence-corrected chi connectivity index (χ3v) is 3.17. The quantitative estimate of drug-likeness (QED) is 0.795. The van der Waals surface area contributed by atoms with Crippen molar-refractivity contribution in [3.63, 3.8) is 0 Å². The van der Waals surface area contributed by atoms with Crippen molar-refractivity contribution < 1.29 is 9.47 Å². The molecular formula is C12H15NO2. The van der Waals surface area contributed by atoms with E-state index in [9.17, 15) is 0 Å². The van der Waals surface area contributed by atoms with Gasteiger partial charge < -0.3 is 14.8 Å². The molecule has 0 amide bonds. The summed E-state index contributed by atoms with van der Waals surface area (Å²) < 4.78 is 10.7. The van der Waals surface area contributed by atoms with E-state index in [2.05, 4.69) is 24.4 Å². The standard InChI is InChI=1S/C12H15NO2/c1-12(6-13-7-12)5-9-2-3-10-11(4-9)15-8-14-10/h2-4,13H,5-8H2,1H3. The summed E-state index contributed by atoms with van der Waals surface area (Å²) in [5.74, 6) is 1.76. The Morgan fingerprint density at radius 1 is 1.27 bits per heavy atom. The van der Waals surface area contributed by atoms with Gasteiger partial charge in [0.15, 0.2) is 11.5 Å². The largest absolute Gasteiger partial charge is 0.454 e. The monoisotopic (exact) mass is 205 g/mol. The molecule has 0 saturated carbocycles. The smallest absolute Gasteiger partial charge is 0.231 e. The van der Waals surface area contributed by atoms with Crippen LogP contribution >= 0.6 is 0 Å². The molecule has 3 heteroatoms. The van der Waals surface area contributed by atoms with Crippen LogP contribution in [0.3, 0.4) is 0 Å². The molecule has 3 nitrogen and oxygen atoms in total. The van der Waals surface area contributed by atoms with Crippen LogP contribution in [-0.4, -0.2) is 19.9 Å². The third kappa shape index (κ3) is 1.57. The molecule has 1 fully saturated rings. The van der Waals surface area contributed by atoms with Crippen molar-refractivity contribution in [3.8, 4) is 11.5 Å². The zero-order valence-corrected chi connectivity index (χ0v) is 8.88. The van der Waals surface area contributed by atoms with Crippen molar-refractivity contribution in [2.24, 2.45) is 5.41 Å². The predicted octanol–water partition coefficient (Wildman–Crippen LogP) is 1.57. The van der Waals surface area contributed by atoms with Crippen molar-refractivity contribution in [1.82, 2.24) is 5.32 Å². The molecule has 1 aromatic carbocycles. The summed E-state index contributed by atoms with van der Waals surface area (Å²) in [6.45, 7) is 4.90. The minimum atomic E-state index is 0.359. The zero-order valence-electron chi connectivity index (χ0n) is 8.88. The number of benzene rings is 1. The Labute approximate surface area is 89.4 Å². The minimum absolute atomic E-state index is 0.359. The van der Waals surface area contributed by atoms with Gasteiger partial charge in [0.05, 0.1) is 0 Å². The molecule has 2 aliphatic rings. The lowest BCUT2D eigenvalue weighted by Gasteiger charge is -2.39. The first-order valence-corrected chi connectivity index (χ1v) is 5.34. The molecule has 15 heavy (non-hydrogen) atoms. The molecule has 0 bridgehead atoms. The van der Waals surface area contributed by atoms with Crippen molar-refractivity contribution >= 4 is 0 Å². The fourth-order valence-corrected chi connectivity index (χ4v) is 2.22. The summed E-state index contributed by atoms with van der Waals surface area (Å²) in [6, 6.07) is 6.25. The van der Waals surface area contributed by atoms with E-state index >= 15 is 0 Å². The SMILES string of the molecule is CC1(Cc2ccc3c(c2)OCO3)CNC1. The molecule has 1 N–H and O–H groups in total. The van der Waals surface area contributed by atoms with Gasteiger partial charge in [-0.15, -0.1) is 0 Å². The second-order valence-electron chi connectivity index (χ2n) is 4.78. The van der Waals surface area contributed by atoms with Crippen LogP contribution < -0.4 is 14.8 Å². The van der Waals surface area contributed by atoms with E-state index in [-0.39, 0.29) is 0 Å². The summed E-state index contributed by atoms with van der Waals surface area (Å²) in [5.41, 5.74) is 1.76. The van der Waals surface area contributed by atoms with Crippen LogP contribution in [0.2, 0.25) is 0 Å². The summed E-state index contributed by atoms with van der Waals surface area (Å²) in [6.07, 6.45) is 1.11. The number of rotatable bonds is 2. The highest BCUT2D eigenvalue weighted by atomic mass is 16.7. The van der Waals surface area contributed by atoms with E-state index in [4.69, 9.17) is 9.47 Å². The van der Waals surface area contributed by atoms with Gasteiger partial charge in [0, 0.05) is 13.1 Å². The van der Waals surface area contributed by atoms with Crippen LogP contribution in [0.5, 0.6) is 11.5 Å². The van der Waals surface area contributed by atoms with Crippen LogP contribution in [-0.2, 0) is 6.42 Å². The van der Waals surface area contributed by atoms with Crippen LogP contribution in [0.1, 0.15) is 12.5 Å². The normalized spacial score (nSPS) is 21.1. The van der Waals surface area contributed by atoms with Gasteiger partial charge in [0.2, 0.25) is 6.79 Å². The Kier molecular flexibility index (Phi) is 1.89. The zero-order chi connectivity index (χ0) is 10.3. The van der Waals surface area contributed by atoms with Gasteiger partial charge in [-0.1, -0.05) is 13.0 Å². The molecule has 1 saturated heterocycles. The number of ether oxygens (including phenoxy) is 2. The molecule has 0 spiro atoms. The van der Waals surface area contributed by atoms with Gasteiger partial charge in [-0.05, 0) is 29.5 Å². The van der Waals surface area contributed by atoms with Crippen LogP contribution in [0, 0.1) is 5.41 Å². The Morgan fingerprint density at radius 2 is 2.07 bits per heavy atom. The maximum absolute atomic E-state index is 5.37. The predicted molar refractivity (Wildman–Crippen MR) is 57.2 cm³/mol. The number of nitrogens with one attached hydrogen (secondary N) is 1. The van der Waals surface area contributed by atoms with Crippen LogP contribution in [0.25, 0.3) is 0 Å². The summed E-state index contributed by atoms with van der Waals surface area (Å²) >= 11 is 0. The van der Waals surface area contributed by atoms with E-state index in [0.29, 0.717) is 12.2 Å². The lowest BCUT2D eigenvalue weighted by Crippen LogP contribution is -2.52. The second-order valence-corrected chi connectivity index (χ2v) is 4.78. The van der Waals surface area contributed by atoms with E-state index in [1.165, 1.54) is 5.56 Å². The maximum atomic E-state index is 5.37. The molecule has 3 rings (SSSR count). The van der Waals surface area contributed by atoms with Crippen molar-refractivity contribution in [2.75, 3.05) is 19.9 Å². The van der Waals surface area contributed by atoms with Crippen molar-refractivity contribution in [3.05, 3.63) is 23.8 Å². The fourth-order valence-electron chi connectivity index (χ4n) is 2.22. The summed E-state index contributed by atoms with van der Waals surface area (Å²) in [5, 5.41) is 3.32. The van der Waals surface area contributed by atoms with Crippen LogP contribution in [0.15, 0.2) is 18.2 Å². The maximum Gasteiger partial charge on any atom is 0.231 e. The first-order chi connectivity index (χ1) is 7.25. The van der Waals surface area contributed by atoms with E-state index in [1.54, 1.807) is 0 Å². The highest BCUT2D eigenvalue weighted by Crippen LogP contribution is 2.35. The molecule has 1 aromatic rings. The van der Waals surface area contributed by atoms with Crippen LogP contribution in [0.4, 0.5) is 0 Å². The highest BCUT2D eigenvalue weighted by Gasteiger charge is 2.31. The van der Waals surface area contributed by atoms with Gasteiger partial charge >= 0.3 is 0 Å². The average Bonchev–Trinajstić information content (AvgIpc) is 2.62. The van der Waals surface area contributed by atoms with Crippen molar-refractivity contribution in [1.29, 1.82) is 0 Å². The second kappa shape index (κ2) is 3.14. The Bertz CT molecular complexity index is 385. The highest BCUT2D eigenvalue weighted by molar-refractivity contribution is 5.44. The Balaban J connectivity index is 1.81. The lowest BCUT2D eigenvalue weighted by molar-refractivity contribution is 0.173. The fraction of sp³-hybridized carbons (Fsp3) is 0.500. The Morgan fingerprint density at radius 3 is 2.80 bits per heavy atom. The number of hydrogen-bond acceptors (Lipinski definition) is 3. The average molecular weight is 205 g/mol. The number of fused-ring (bicyclic) bond motifs is 1. The van der Waals surface area contributed by atoms with E-state index in [1.807, 2.05) is 6.07 Å². The number of hydrogen-bond donors (Lipinski definition) is 1. The van der Waals surface area contributed by atoms with E-state index in [0.717, 1.165) is 31.0 Å². The van der Waals surface area contributed by atoms with Gasteiger partial charge in [0.25, 0.3) is 0 Å². The molecule has 2 heterocycles. The van der Waals surface area contributed by atoms with Gasteiger partial charge in [-0.2, -0.15) is 0 Å². The molecule has 0 aromatic heterocycles. The molecule has 2 aliphatic heterocycles. The molecular weight excluding hydrogens is 190 g/mol. The molecule has 80 valence electrons. The first kappa shape index (κ1) is 9.04. The van der Waals surface area contributed by atoms with Crippen molar-refractivity contribution in [2.45, 2.75) is 13.3 Å². The molecule has 0 atom stereocenters. The lowest BCUT2D eigenvalue weighted by atomic mass is 9.78. The van der Waals surface area contributed by atoms with Gasteiger partial charge in [-0.3, -0.25) is 0 Å². The Hall–Kier alpha value is -1.22. The molecule has 0 unspecified atom stereocenters. The molecule has 0 radical (unpaired) electrons.